The Morgan fingerprint density at radius 1 is 1.30 bits per heavy atom. The van der Waals surface area contributed by atoms with E-state index in [1.165, 1.54) is 12.1 Å². The van der Waals surface area contributed by atoms with Crippen molar-refractivity contribution in [3.63, 3.8) is 0 Å². The van der Waals surface area contributed by atoms with Crippen LogP contribution in [0.4, 0.5) is 8.78 Å². The fourth-order valence-electron chi connectivity index (χ4n) is 2.78. The Hall–Kier alpha value is -2.57. The molecule has 0 N–H and O–H groups in total. The van der Waals surface area contributed by atoms with Crippen molar-refractivity contribution >= 4 is 11.8 Å². The Morgan fingerprint density at radius 2 is 2.09 bits per heavy atom. The van der Waals surface area contributed by atoms with Crippen LogP contribution in [0.15, 0.2) is 30.6 Å². The summed E-state index contributed by atoms with van der Waals surface area (Å²) in [6.07, 6.45) is 3.91. The largest absolute Gasteiger partial charge is 0.278 e. The van der Waals surface area contributed by atoms with Crippen LogP contribution in [0.25, 0.3) is 0 Å². The highest BCUT2D eigenvalue weighted by Crippen LogP contribution is 2.26. The lowest BCUT2D eigenvalue weighted by molar-refractivity contribution is -0.140. The number of carbonyl (C=O) groups excluding carboxylic acids is 2. The van der Waals surface area contributed by atoms with Crippen LogP contribution in [0.2, 0.25) is 0 Å². The second-order valence-corrected chi connectivity index (χ2v) is 5.66. The second-order valence-electron chi connectivity index (χ2n) is 5.66. The number of rotatable bonds is 4. The first-order valence-electron chi connectivity index (χ1n) is 7.20. The molecule has 0 unspecified atom stereocenters. The molecule has 1 aliphatic rings. The first-order chi connectivity index (χ1) is 11.0. The first-order valence-corrected chi connectivity index (χ1v) is 7.20. The van der Waals surface area contributed by atoms with Gasteiger partial charge in [0.2, 0.25) is 11.8 Å². The lowest BCUT2D eigenvalue weighted by atomic mass is 10.0. The molecule has 0 bridgehead atoms. The van der Waals surface area contributed by atoms with Gasteiger partial charge in [0, 0.05) is 25.2 Å². The molecule has 1 saturated heterocycles. The number of amides is 2. The van der Waals surface area contributed by atoms with Gasteiger partial charge in [-0.05, 0) is 18.1 Å². The summed E-state index contributed by atoms with van der Waals surface area (Å²) in [6, 6.07) is 3.72. The Balaban J connectivity index is 1.75. The predicted molar refractivity (Wildman–Crippen MR) is 76.9 cm³/mol. The van der Waals surface area contributed by atoms with Crippen LogP contribution in [0.3, 0.4) is 0 Å². The number of hydrogen-bond donors (Lipinski definition) is 0. The minimum atomic E-state index is -1.02. The highest BCUT2D eigenvalue weighted by Gasteiger charge is 2.38. The van der Waals surface area contributed by atoms with E-state index in [0.717, 1.165) is 16.5 Å². The van der Waals surface area contributed by atoms with E-state index in [0.29, 0.717) is 6.42 Å². The van der Waals surface area contributed by atoms with Gasteiger partial charge in [0.05, 0.1) is 18.7 Å². The van der Waals surface area contributed by atoms with Crippen LogP contribution in [-0.4, -0.2) is 26.5 Å². The maximum Gasteiger partial charge on any atom is 0.233 e. The second kappa shape index (κ2) is 5.91. The molecule has 23 heavy (non-hydrogen) atoms. The van der Waals surface area contributed by atoms with Crippen LogP contribution < -0.4 is 0 Å². The van der Waals surface area contributed by atoms with Gasteiger partial charge in [-0.25, -0.2) is 8.78 Å². The molecule has 1 aliphatic heterocycles. The highest BCUT2D eigenvalue weighted by molar-refractivity contribution is 6.03. The van der Waals surface area contributed by atoms with Crippen molar-refractivity contribution in [1.82, 2.24) is 14.7 Å². The summed E-state index contributed by atoms with van der Waals surface area (Å²) >= 11 is 0. The van der Waals surface area contributed by atoms with Crippen molar-refractivity contribution in [3.05, 3.63) is 53.4 Å². The summed E-state index contributed by atoms with van der Waals surface area (Å²) < 4.78 is 28.6. The van der Waals surface area contributed by atoms with Gasteiger partial charge in [0.15, 0.2) is 11.6 Å². The van der Waals surface area contributed by atoms with E-state index < -0.39 is 17.6 Å². The maximum absolute atomic E-state index is 13.7. The van der Waals surface area contributed by atoms with E-state index in [1.807, 2.05) is 0 Å². The minimum absolute atomic E-state index is 0.00581. The van der Waals surface area contributed by atoms with Crippen molar-refractivity contribution < 1.29 is 18.4 Å². The van der Waals surface area contributed by atoms with E-state index in [-0.39, 0.29) is 30.3 Å². The molecule has 0 radical (unpaired) electrons. The summed E-state index contributed by atoms with van der Waals surface area (Å²) in [5.41, 5.74) is 0.853. The van der Waals surface area contributed by atoms with Crippen molar-refractivity contribution in [3.8, 4) is 0 Å². The predicted octanol–water partition coefficient (Wildman–Crippen LogP) is 1.82. The molecule has 3 rings (SSSR count). The molecule has 1 fully saturated rings. The summed E-state index contributed by atoms with van der Waals surface area (Å²) in [6.45, 7) is -0.245. The molecule has 2 aromatic rings. The monoisotopic (exact) mass is 319 g/mol. The van der Waals surface area contributed by atoms with E-state index >= 15 is 0 Å². The zero-order valence-corrected chi connectivity index (χ0v) is 12.5. The van der Waals surface area contributed by atoms with Crippen LogP contribution in [-0.2, 0) is 29.6 Å². The third kappa shape index (κ3) is 2.99. The molecule has 7 heteroatoms. The molecule has 0 spiro atoms. The number of imide groups is 1. The number of nitrogens with zero attached hydrogens (tertiary/aromatic N) is 3. The summed E-state index contributed by atoms with van der Waals surface area (Å²) in [4.78, 5) is 25.4. The average molecular weight is 319 g/mol. The lowest BCUT2D eigenvalue weighted by Crippen LogP contribution is -2.31. The van der Waals surface area contributed by atoms with E-state index in [1.54, 1.807) is 24.1 Å². The molecule has 2 amide bonds. The Morgan fingerprint density at radius 3 is 2.78 bits per heavy atom. The Kier molecular flexibility index (Phi) is 3.94. The molecule has 1 aromatic carbocycles. The number of halogens is 2. The Bertz CT molecular complexity index is 772. The Labute approximate surface area is 131 Å². The van der Waals surface area contributed by atoms with E-state index in [9.17, 15) is 18.4 Å². The normalized spacial score (nSPS) is 18.0. The minimum Gasteiger partial charge on any atom is -0.278 e. The number of carbonyl (C=O) groups is 2. The zero-order chi connectivity index (χ0) is 16.6. The van der Waals surface area contributed by atoms with Gasteiger partial charge >= 0.3 is 0 Å². The fraction of sp³-hybridized carbons (Fsp3) is 0.312. The number of aryl methyl sites for hydroxylation is 1. The molecule has 1 atom stereocenters. The molecule has 0 saturated carbocycles. The summed E-state index contributed by atoms with van der Waals surface area (Å²) in [7, 11) is 1.77. The van der Waals surface area contributed by atoms with Gasteiger partial charge in [-0.15, -0.1) is 0 Å². The van der Waals surface area contributed by atoms with Crippen molar-refractivity contribution in [2.24, 2.45) is 13.0 Å². The number of likely N-dealkylation sites (tertiary alicyclic amines) is 1. The smallest absolute Gasteiger partial charge is 0.233 e. The van der Waals surface area contributed by atoms with E-state index in [4.69, 9.17) is 0 Å². The van der Waals surface area contributed by atoms with Gasteiger partial charge in [0.25, 0.3) is 0 Å². The number of aromatic nitrogens is 2. The van der Waals surface area contributed by atoms with Crippen LogP contribution in [0, 0.1) is 17.6 Å². The zero-order valence-electron chi connectivity index (χ0n) is 12.5. The van der Waals surface area contributed by atoms with Crippen LogP contribution in [0.5, 0.6) is 0 Å². The third-order valence-electron chi connectivity index (χ3n) is 3.94. The first kappa shape index (κ1) is 15.3. The average Bonchev–Trinajstić information content (AvgIpc) is 3.02. The van der Waals surface area contributed by atoms with Gasteiger partial charge < -0.3 is 0 Å². The van der Waals surface area contributed by atoms with Crippen LogP contribution in [0.1, 0.15) is 17.5 Å². The van der Waals surface area contributed by atoms with Gasteiger partial charge in [-0.2, -0.15) is 5.10 Å². The SMILES string of the molecule is Cn1cc(C[C@H]2CC(=O)N(Cc3cccc(F)c3F)C2=O)cn1. The molecule has 2 heterocycles. The third-order valence-corrected chi connectivity index (χ3v) is 3.94. The molecule has 1 aromatic heterocycles. The fourth-order valence-corrected chi connectivity index (χ4v) is 2.78. The maximum atomic E-state index is 13.7. The van der Waals surface area contributed by atoms with Gasteiger partial charge in [-0.3, -0.25) is 19.2 Å². The standard InChI is InChI=1S/C16H15F2N3O2/c1-20-8-10(7-19-20)5-12-6-14(22)21(16(12)23)9-11-3-2-4-13(17)15(11)18/h2-4,7-8,12H,5-6,9H2,1H3/t12-/m0/s1. The van der Waals surface area contributed by atoms with Crippen LogP contribution >= 0.6 is 0 Å². The van der Waals surface area contributed by atoms with Gasteiger partial charge in [-0.1, -0.05) is 12.1 Å². The van der Waals surface area contributed by atoms with E-state index in [2.05, 4.69) is 5.10 Å². The highest BCUT2D eigenvalue weighted by atomic mass is 19.2. The van der Waals surface area contributed by atoms with Gasteiger partial charge in [0.1, 0.15) is 0 Å². The summed E-state index contributed by atoms with van der Waals surface area (Å²) in [5, 5.41) is 4.03. The molecule has 0 aliphatic carbocycles. The van der Waals surface area contributed by atoms with Crippen molar-refractivity contribution in [2.75, 3.05) is 0 Å². The van der Waals surface area contributed by atoms with Crippen molar-refractivity contribution in [1.29, 1.82) is 0 Å². The number of benzene rings is 1. The molecular formula is C16H15F2N3O2. The lowest BCUT2D eigenvalue weighted by Gasteiger charge is -2.15. The summed E-state index contributed by atoms with van der Waals surface area (Å²) in [5.74, 6) is -3.23. The quantitative estimate of drug-likeness (QED) is 0.808. The molecule has 5 nitrogen and oxygen atoms in total. The molecular weight excluding hydrogens is 304 g/mol. The number of hydrogen-bond acceptors (Lipinski definition) is 3. The van der Waals surface area contributed by atoms with Crippen molar-refractivity contribution in [2.45, 2.75) is 19.4 Å². The molecule has 120 valence electrons. The topological polar surface area (TPSA) is 55.2 Å².